The number of para-hydroxylation sites is 2. The second kappa shape index (κ2) is 5.40. The van der Waals surface area contributed by atoms with Gasteiger partial charge in [-0.3, -0.25) is 0 Å². The van der Waals surface area contributed by atoms with Gasteiger partial charge < -0.3 is 15.8 Å². The molecule has 6 heteroatoms. The fourth-order valence-electron chi connectivity index (χ4n) is 1.51. The summed E-state index contributed by atoms with van der Waals surface area (Å²) < 4.78 is 0. The Kier molecular flexibility index (Phi) is 3.66. The molecular weight excluding hydrogens is 218 g/mol. The lowest BCUT2D eigenvalue weighted by Gasteiger charge is -2.05. The van der Waals surface area contributed by atoms with E-state index in [2.05, 4.69) is 20.7 Å². The minimum Gasteiger partial charge on any atom is -0.594 e. The van der Waals surface area contributed by atoms with Crippen molar-refractivity contribution in [3.63, 3.8) is 0 Å². The van der Waals surface area contributed by atoms with Gasteiger partial charge in [0.25, 0.3) is 11.5 Å². The molecule has 0 spiro atoms. The summed E-state index contributed by atoms with van der Waals surface area (Å²) in [5.74, 6) is 0.358. The molecule has 2 N–H and O–H groups in total. The second-order valence-corrected chi connectivity index (χ2v) is 3.58. The highest BCUT2D eigenvalue weighted by molar-refractivity contribution is 5.71. The summed E-state index contributed by atoms with van der Waals surface area (Å²) in [5, 5.41) is 21.6. The van der Waals surface area contributed by atoms with Crippen molar-refractivity contribution in [3.8, 4) is 0 Å². The molecule has 17 heavy (non-hydrogen) atoms. The molecule has 0 radical (unpaired) electrons. The Morgan fingerprint density at radius 1 is 1.29 bits per heavy atom. The average Bonchev–Trinajstić information content (AvgIpc) is 2.35. The van der Waals surface area contributed by atoms with E-state index >= 15 is 0 Å². The van der Waals surface area contributed by atoms with Crippen molar-refractivity contribution in [3.05, 3.63) is 29.5 Å². The third-order valence-electron chi connectivity index (χ3n) is 2.33. The van der Waals surface area contributed by atoms with Gasteiger partial charge in [0.2, 0.25) is 0 Å². The fourth-order valence-corrected chi connectivity index (χ4v) is 1.51. The van der Waals surface area contributed by atoms with E-state index in [1.165, 1.54) is 0 Å². The Balaban J connectivity index is 2.13. The van der Waals surface area contributed by atoms with E-state index in [-0.39, 0.29) is 0 Å². The Bertz CT molecular complexity index is 502. The first-order chi connectivity index (χ1) is 8.31. The molecule has 0 fully saturated rings. The van der Waals surface area contributed by atoms with E-state index in [1.807, 2.05) is 13.0 Å². The van der Waals surface area contributed by atoms with E-state index in [4.69, 9.17) is 0 Å². The normalized spacial score (nSPS) is 10.6. The Labute approximate surface area is 99.3 Å². The highest BCUT2D eigenvalue weighted by Crippen LogP contribution is 2.06. The highest BCUT2D eigenvalue weighted by atomic mass is 16.5. The first-order valence-corrected chi connectivity index (χ1v) is 5.62. The third kappa shape index (κ3) is 2.79. The van der Waals surface area contributed by atoms with Gasteiger partial charge in [-0.25, -0.2) is 4.98 Å². The van der Waals surface area contributed by atoms with E-state index in [0.717, 1.165) is 13.1 Å². The molecule has 0 aliphatic carbocycles. The van der Waals surface area contributed by atoms with Crippen molar-refractivity contribution in [2.45, 2.75) is 6.92 Å². The maximum atomic E-state index is 11.6. The number of anilines is 1. The van der Waals surface area contributed by atoms with Gasteiger partial charge in [0.15, 0.2) is 0 Å². The zero-order chi connectivity index (χ0) is 12.1. The third-order valence-corrected chi connectivity index (χ3v) is 2.33. The molecule has 0 aliphatic heterocycles. The lowest BCUT2D eigenvalue weighted by Crippen LogP contribution is -2.34. The molecule has 2 aromatic rings. The molecule has 2 rings (SSSR count). The van der Waals surface area contributed by atoms with Gasteiger partial charge in [0.1, 0.15) is 5.52 Å². The predicted octanol–water partition coefficient (Wildman–Crippen LogP) is 0.285. The average molecular weight is 233 g/mol. The molecule has 90 valence electrons. The number of likely N-dealkylation sites (N-methyl/N-ethyl adjacent to an activating group) is 1. The van der Waals surface area contributed by atoms with Crippen LogP contribution in [-0.4, -0.2) is 29.7 Å². The van der Waals surface area contributed by atoms with Crippen molar-refractivity contribution >= 4 is 17.0 Å². The molecule has 0 saturated carbocycles. The van der Waals surface area contributed by atoms with Crippen LogP contribution in [0, 0.1) is 5.21 Å². The fraction of sp³-hybridized carbons (Fsp3) is 0.364. The zero-order valence-corrected chi connectivity index (χ0v) is 9.68. The number of aromatic nitrogens is 3. The molecule has 1 aromatic carbocycles. The number of nitrogens with zero attached hydrogens (tertiary/aromatic N) is 3. The number of nitrogens with one attached hydrogen (secondary N) is 2. The predicted molar refractivity (Wildman–Crippen MR) is 65.5 cm³/mol. The van der Waals surface area contributed by atoms with Crippen molar-refractivity contribution < 1.29 is 4.85 Å². The minimum absolute atomic E-state index is 0.358. The van der Waals surface area contributed by atoms with E-state index in [1.54, 1.807) is 18.2 Å². The molecule has 0 unspecified atom stereocenters. The largest absolute Gasteiger partial charge is 0.594 e. The Morgan fingerprint density at radius 2 is 2.12 bits per heavy atom. The molecule has 0 atom stereocenters. The summed E-state index contributed by atoms with van der Waals surface area (Å²) in [6.07, 6.45) is 0. The summed E-state index contributed by atoms with van der Waals surface area (Å²) in [4.78, 5) is 4.86. The summed E-state index contributed by atoms with van der Waals surface area (Å²) in [6, 6.07) is 7.13. The van der Waals surface area contributed by atoms with E-state index < -0.39 is 0 Å². The molecule has 1 heterocycles. The van der Waals surface area contributed by atoms with E-state index in [0.29, 0.717) is 28.4 Å². The Hall–Kier alpha value is -1.95. The van der Waals surface area contributed by atoms with Gasteiger partial charge in [-0.1, -0.05) is 19.1 Å². The van der Waals surface area contributed by atoms with Gasteiger partial charge in [0.05, 0.1) is 5.10 Å². The maximum Gasteiger partial charge on any atom is 0.290 e. The SMILES string of the molecule is CCNCCNc1nc2ccccc2[n+]([O-])n1. The van der Waals surface area contributed by atoms with Crippen molar-refractivity contribution in [2.75, 3.05) is 25.0 Å². The van der Waals surface area contributed by atoms with E-state index in [9.17, 15) is 5.21 Å². The van der Waals surface area contributed by atoms with Crippen molar-refractivity contribution in [1.29, 1.82) is 0 Å². The molecule has 1 aromatic heterocycles. The second-order valence-electron chi connectivity index (χ2n) is 3.58. The van der Waals surface area contributed by atoms with Gasteiger partial charge in [0, 0.05) is 19.2 Å². The molecule has 0 saturated heterocycles. The zero-order valence-electron chi connectivity index (χ0n) is 9.68. The topological polar surface area (TPSA) is 76.8 Å². The monoisotopic (exact) mass is 233 g/mol. The standard InChI is InChI=1S/C11H15N5O/c1-2-12-7-8-13-11-14-9-5-3-4-6-10(9)16(17)15-11/h3-6,12H,2,7-8H2,1H3,(H,13,14,15). The lowest BCUT2D eigenvalue weighted by atomic mass is 10.3. The van der Waals surface area contributed by atoms with Gasteiger partial charge in [-0.2, -0.15) is 0 Å². The molecule has 0 amide bonds. The van der Waals surface area contributed by atoms with Crippen LogP contribution >= 0.6 is 0 Å². The van der Waals surface area contributed by atoms with Crippen LogP contribution in [-0.2, 0) is 0 Å². The number of rotatable bonds is 5. The van der Waals surface area contributed by atoms with Crippen molar-refractivity contribution in [2.24, 2.45) is 0 Å². The van der Waals surface area contributed by atoms with Gasteiger partial charge >= 0.3 is 0 Å². The first kappa shape index (κ1) is 11.5. The van der Waals surface area contributed by atoms with Crippen LogP contribution in [0.4, 0.5) is 5.95 Å². The molecule has 0 aliphatic rings. The summed E-state index contributed by atoms with van der Waals surface area (Å²) in [5.41, 5.74) is 1.12. The lowest BCUT2D eigenvalue weighted by molar-refractivity contribution is -0.641. The molecule has 0 bridgehead atoms. The van der Waals surface area contributed by atoms with Crippen LogP contribution in [0.1, 0.15) is 6.92 Å². The number of hydrogen-bond donors (Lipinski definition) is 2. The van der Waals surface area contributed by atoms with Crippen LogP contribution in [0.25, 0.3) is 11.0 Å². The number of benzene rings is 1. The molecule has 6 nitrogen and oxygen atoms in total. The van der Waals surface area contributed by atoms with Crippen LogP contribution in [0.5, 0.6) is 0 Å². The smallest absolute Gasteiger partial charge is 0.290 e. The number of hydrogen-bond acceptors (Lipinski definition) is 5. The van der Waals surface area contributed by atoms with Crippen LogP contribution in [0.3, 0.4) is 0 Å². The minimum atomic E-state index is 0.358. The van der Waals surface area contributed by atoms with Gasteiger partial charge in [-0.15, -0.1) is 0 Å². The van der Waals surface area contributed by atoms with Crippen molar-refractivity contribution in [1.82, 2.24) is 15.4 Å². The first-order valence-electron chi connectivity index (χ1n) is 5.62. The highest BCUT2D eigenvalue weighted by Gasteiger charge is 2.08. The van der Waals surface area contributed by atoms with Crippen LogP contribution in [0.15, 0.2) is 24.3 Å². The maximum absolute atomic E-state index is 11.6. The number of fused-ring (bicyclic) bond motifs is 1. The summed E-state index contributed by atoms with van der Waals surface area (Å²) in [6.45, 7) is 4.46. The quantitative estimate of drug-likeness (QED) is 0.441. The van der Waals surface area contributed by atoms with Crippen LogP contribution in [0.2, 0.25) is 0 Å². The van der Waals surface area contributed by atoms with Gasteiger partial charge in [-0.05, 0) is 17.5 Å². The summed E-state index contributed by atoms with van der Waals surface area (Å²) in [7, 11) is 0. The Morgan fingerprint density at radius 3 is 2.94 bits per heavy atom. The van der Waals surface area contributed by atoms with Crippen LogP contribution < -0.4 is 15.5 Å². The molecular formula is C11H15N5O. The summed E-state index contributed by atoms with van der Waals surface area (Å²) >= 11 is 0.